The van der Waals surface area contributed by atoms with Gasteiger partial charge in [0.15, 0.2) is 0 Å². The standard InChI is InChI=1S/C15H18ClN3OS2/c1-17-14(20)13(22-15(17)21)10-18-5-7-19(8-6-18)12-4-2-3-11(16)9-12/h2-4,9,13H,5-8,10H2,1H3. The smallest absolute Gasteiger partial charge is 0.242 e. The van der Waals surface area contributed by atoms with E-state index in [1.54, 1.807) is 11.9 Å². The van der Waals surface area contributed by atoms with Crippen LogP contribution in [0.2, 0.25) is 5.02 Å². The lowest BCUT2D eigenvalue weighted by molar-refractivity contribution is -0.125. The molecule has 0 aromatic heterocycles. The molecule has 1 atom stereocenters. The fourth-order valence-electron chi connectivity index (χ4n) is 2.77. The Labute approximate surface area is 145 Å². The molecule has 0 bridgehead atoms. The van der Waals surface area contributed by atoms with E-state index in [-0.39, 0.29) is 11.2 Å². The van der Waals surface area contributed by atoms with E-state index in [9.17, 15) is 4.79 Å². The predicted molar refractivity (Wildman–Crippen MR) is 96.9 cm³/mol. The maximum Gasteiger partial charge on any atom is 0.242 e. The Morgan fingerprint density at radius 3 is 2.64 bits per heavy atom. The zero-order valence-electron chi connectivity index (χ0n) is 12.4. The van der Waals surface area contributed by atoms with Crippen molar-refractivity contribution in [2.75, 3.05) is 44.7 Å². The summed E-state index contributed by atoms with van der Waals surface area (Å²) in [5.74, 6) is 0.132. The largest absolute Gasteiger partial charge is 0.369 e. The lowest BCUT2D eigenvalue weighted by Gasteiger charge is -2.36. The van der Waals surface area contributed by atoms with E-state index in [0.717, 1.165) is 37.7 Å². The third-order valence-electron chi connectivity index (χ3n) is 4.09. The van der Waals surface area contributed by atoms with Gasteiger partial charge in [0.2, 0.25) is 5.91 Å². The maximum atomic E-state index is 12.1. The molecule has 2 saturated heterocycles. The van der Waals surface area contributed by atoms with Gasteiger partial charge in [0.05, 0.1) is 0 Å². The summed E-state index contributed by atoms with van der Waals surface area (Å²) in [6, 6.07) is 7.96. The number of nitrogens with zero attached hydrogens (tertiary/aromatic N) is 3. The Hall–Kier alpha value is -0.820. The quantitative estimate of drug-likeness (QED) is 0.775. The van der Waals surface area contributed by atoms with Gasteiger partial charge < -0.3 is 4.90 Å². The van der Waals surface area contributed by atoms with Crippen molar-refractivity contribution in [1.82, 2.24) is 9.80 Å². The molecule has 1 amide bonds. The molecule has 7 heteroatoms. The molecule has 0 spiro atoms. The molecule has 22 heavy (non-hydrogen) atoms. The minimum absolute atomic E-state index is 0.0461. The van der Waals surface area contributed by atoms with Crippen LogP contribution in [0, 0.1) is 0 Å². The van der Waals surface area contributed by atoms with Gasteiger partial charge in [0.1, 0.15) is 9.57 Å². The number of benzene rings is 1. The number of thiocarbonyl (C=S) groups is 1. The summed E-state index contributed by atoms with van der Waals surface area (Å²) >= 11 is 12.8. The van der Waals surface area contributed by atoms with E-state index in [1.807, 2.05) is 18.2 Å². The van der Waals surface area contributed by atoms with E-state index >= 15 is 0 Å². The van der Waals surface area contributed by atoms with Gasteiger partial charge in [0.25, 0.3) is 0 Å². The predicted octanol–water partition coefficient (Wildman–Crippen LogP) is 2.32. The lowest BCUT2D eigenvalue weighted by Crippen LogP contribution is -2.49. The lowest BCUT2D eigenvalue weighted by atomic mass is 10.2. The summed E-state index contributed by atoms with van der Waals surface area (Å²) in [6.07, 6.45) is 0. The van der Waals surface area contributed by atoms with Crippen LogP contribution in [0.3, 0.4) is 0 Å². The molecule has 0 saturated carbocycles. The summed E-state index contributed by atoms with van der Waals surface area (Å²) in [4.78, 5) is 18.4. The van der Waals surface area contributed by atoms with E-state index in [1.165, 1.54) is 17.4 Å². The van der Waals surface area contributed by atoms with Crippen LogP contribution in [-0.4, -0.2) is 65.0 Å². The summed E-state index contributed by atoms with van der Waals surface area (Å²) in [6.45, 7) is 4.58. The molecule has 0 aliphatic carbocycles. The van der Waals surface area contributed by atoms with Gasteiger partial charge in [-0.05, 0) is 18.2 Å². The normalized spacial score (nSPS) is 23.5. The highest BCUT2D eigenvalue weighted by molar-refractivity contribution is 8.24. The fourth-order valence-corrected chi connectivity index (χ4v) is 4.43. The fraction of sp³-hybridized carbons (Fsp3) is 0.467. The van der Waals surface area contributed by atoms with E-state index in [0.29, 0.717) is 4.32 Å². The highest BCUT2D eigenvalue weighted by Crippen LogP contribution is 2.27. The SMILES string of the molecule is CN1C(=O)C(CN2CCN(c3cccc(Cl)c3)CC2)SC1=S. The summed E-state index contributed by atoms with van der Waals surface area (Å²) in [7, 11) is 1.76. The Morgan fingerprint density at radius 1 is 1.32 bits per heavy atom. The first kappa shape index (κ1) is 16.1. The van der Waals surface area contributed by atoms with Crippen molar-refractivity contribution in [3.05, 3.63) is 29.3 Å². The third kappa shape index (κ3) is 3.40. The Morgan fingerprint density at radius 2 is 2.05 bits per heavy atom. The number of hydrogen-bond donors (Lipinski definition) is 0. The van der Waals surface area contributed by atoms with Gasteiger partial charge in [0, 0.05) is 50.5 Å². The second kappa shape index (κ2) is 6.74. The van der Waals surface area contributed by atoms with Crippen LogP contribution in [0.1, 0.15) is 0 Å². The molecule has 4 nitrogen and oxygen atoms in total. The second-order valence-corrected chi connectivity index (χ2v) is 7.81. The molecule has 2 fully saturated rings. The van der Waals surface area contributed by atoms with Gasteiger partial charge in [-0.1, -0.05) is 41.6 Å². The minimum Gasteiger partial charge on any atom is -0.369 e. The number of amides is 1. The van der Waals surface area contributed by atoms with Gasteiger partial charge >= 0.3 is 0 Å². The topological polar surface area (TPSA) is 26.8 Å². The van der Waals surface area contributed by atoms with Crippen LogP contribution in [0.4, 0.5) is 5.69 Å². The van der Waals surface area contributed by atoms with Gasteiger partial charge in [-0.25, -0.2) is 0 Å². The Kier molecular flexibility index (Phi) is 4.92. The van der Waals surface area contributed by atoms with Crippen molar-refractivity contribution in [2.24, 2.45) is 0 Å². The molecule has 2 aliphatic heterocycles. The molecule has 0 radical (unpaired) electrons. The zero-order chi connectivity index (χ0) is 15.7. The first-order chi connectivity index (χ1) is 10.5. The average Bonchev–Trinajstić information content (AvgIpc) is 2.75. The van der Waals surface area contributed by atoms with Crippen molar-refractivity contribution in [3.63, 3.8) is 0 Å². The Balaban J connectivity index is 1.54. The first-order valence-electron chi connectivity index (χ1n) is 7.25. The number of anilines is 1. The number of halogens is 1. The van der Waals surface area contributed by atoms with E-state index in [2.05, 4.69) is 15.9 Å². The molecule has 3 rings (SSSR count). The van der Waals surface area contributed by atoms with Crippen LogP contribution in [0.25, 0.3) is 0 Å². The van der Waals surface area contributed by atoms with Crippen LogP contribution in [-0.2, 0) is 4.79 Å². The molecule has 1 unspecified atom stereocenters. The second-order valence-electron chi connectivity index (χ2n) is 5.54. The minimum atomic E-state index is -0.0461. The summed E-state index contributed by atoms with van der Waals surface area (Å²) in [5, 5.41) is 0.722. The van der Waals surface area contributed by atoms with Gasteiger partial charge in [-0.15, -0.1) is 0 Å². The van der Waals surface area contributed by atoms with Gasteiger partial charge in [-0.3, -0.25) is 14.6 Å². The van der Waals surface area contributed by atoms with Crippen molar-refractivity contribution >= 4 is 51.5 Å². The zero-order valence-corrected chi connectivity index (χ0v) is 14.8. The monoisotopic (exact) mass is 355 g/mol. The average molecular weight is 356 g/mol. The number of rotatable bonds is 3. The van der Waals surface area contributed by atoms with E-state index < -0.39 is 0 Å². The molecule has 2 heterocycles. The number of hydrogen-bond acceptors (Lipinski definition) is 5. The molecule has 2 aliphatic rings. The van der Waals surface area contributed by atoms with Crippen LogP contribution in [0.15, 0.2) is 24.3 Å². The van der Waals surface area contributed by atoms with Crippen LogP contribution >= 0.6 is 35.6 Å². The molecule has 0 N–H and O–H groups in total. The van der Waals surface area contributed by atoms with Crippen LogP contribution in [0.5, 0.6) is 0 Å². The van der Waals surface area contributed by atoms with Crippen molar-refractivity contribution in [3.8, 4) is 0 Å². The van der Waals surface area contributed by atoms with Crippen molar-refractivity contribution < 1.29 is 4.79 Å². The number of thioether (sulfide) groups is 1. The summed E-state index contributed by atoms with van der Waals surface area (Å²) < 4.78 is 0.688. The molecule has 118 valence electrons. The third-order valence-corrected chi connectivity index (χ3v) is 6.00. The summed E-state index contributed by atoms with van der Waals surface area (Å²) in [5.41, 5.74) is 1.17. The highest BCUT2D eigenvalue weighted by Gasteiger charge is 2.35. The number of piperazine rings is 1. The number of carbonyl (C=O) groups is 1. The first-order valence-corrected chi connectivity index (χ1v) is 8.92. The molecule has 1 aromatic carbocycles. The van der Waals surface area contributed by atoms with Crippen molar-refractivity contribution in [2.45, 2.75) is 5.25 Å². The molecule has 1 aromatic rings. The van der Waals surface area contributed by atoms with Crippen molar-refractivity contribution in [1.29, 1.82) is 0 Å². The highest BCUT2D eigenvalue weighted by atomic mass is 35.5. The van der Waals surface area contributed by atoms with E-state index in [4.69, 9.17) is 23.8 Å². The molecular weight excluding hydrogens is 338 g/mol. The van der Waals surface area contributed by atoms with Gasteiger partial charge in [-0.2, -0.15) is 0 Å². The van der Waals surface area contributed by atoms with Crippen LogP contribution < -0.4 is 4.90 Å². The molecular formula is C15H18ClN3OS2. The maximum absolute atomic E-state index is 12.1. The number of carbonyl (C=O) groups excluding carboxylic acids is 1. The Bertz CT molecular complexity index is 590.